The summed E-state index contributed by atoms with van der Waals surface area (Å²) in [4.78, 5) is 37.1. The van der Waals surface area contributed by atoms with Crippen LogP contribution in [0.4, 0.5) is 10.8 Å². The van der Waals surface area contributed by atoms with E-state index in [1.807, 2.05) is 18.9 Å². The Morgan fingerprint density at radius 2 is 2.05 bits per heavy atom. The summed E-state index contributed by atoms with van der Waals surface area (Å²) < 4.78 is 0. The van der Waals surface area contributed by atoms with Crippen LogP contribution in [-0.4, -0.2) is 48.4 Å². The number of aliphatic carboxylic acids is 1. The van der Waals surface area contributed by atoms with Crippen molar-refractivity contribution < 1.29 is 19.5 Å². The van der Waals surface area contributed by atoms with E-state index in [0.717, 1.165) is 54.8 Å². The van der Waals surface area contributed by atoms with Crippen LogP contribution in [0.15, 0.2) is 23.5 Å². The Balaban J connectivity index is 1.44. The molecule has 0 bridgehead atoms. The van der Waals surface area contributed by atoms with Gasteiger partial charge >= 0.3 is 5.97 Å². The van der Waals surface area contributed by atoms with E-state index >= 15 is 0 Å². The van der Waals surface area contributed by atoms with Crippen molar-refractivity contribution in [3.63, 3.8) is 0 Å². The molecule has 1 heterocycles. The molecule has 2 aromatic rings. The first kappa shape index (κ1) is 30.5. The highest BCUT2D eigenvalue weighted by Gasteiger charge is 2.57. The third kappa shape index (κ3) is 5.81. The van der Waals surface area contributed by atoms with Gasteiger partial charge in [-0.3, -0.25) is 9.59 Å². The number of thiazole rings is 1. The van der Waals surface area contributed by atoms with Crippen molar-refractivity contribution in [1.29, 1.82) is 0 Å². The van der Waals surface area contributed by atoms with Crippen molar-refractivity contribution in [2.75, 3.05) is 30.9 Å². The van der Waals surface area contributed by atoms with Crippen LogP contribution in [0.2, 0.25) is 0 Å². The second kappa shape index (κ2) is 11.6. The first-order chi connectivity index (χ1) is 19.8. The predicted molar refractivity (Wildman–Crippen MR) is 169 cm³/mol. The lowest BCUT2D eigenvalue weighted by Gasteiger charge is -2.51. The predicted octanol–water partition coefficient (Wildman–Crippen LogP) is 6.77. The fourth-order valence-corrected chi connectivity index (χ4v) is 9.00. The summed E-state index contributed by atoms with van der Waals surface area (Å²) in [5.74, 6) is 0.954. The minimum Gasteiger partial charge on any atom is -0.480 e. The van der Waals surface area contributed by atoms with Crippen LogP contribution < -0.4 is 10.2 Å². The lowest BCUT2D eigenvalue weighted by molar-refractivity contribution is -0.135. The lowest BCUT2D eigenvalue weighted by atomic mass is 9.53. The molecule has 228 valence electrons. The number of aromatic nitrogens is 1. The van der Waals surface area contributed by atoms with Crippen LogP contribution in [0.5, 0.6) is 0 Å². The number of nitrogens with zero attached hydrogens (tertiary/aromatic N) is 3. The fraction of sp³-hybridized carbons (Fsp3) is 0.636. The topological polar surface area (TPSA) is 104 Å². The Kier molecular flexibility index (Phi) is 8.45. The largest absolute Gasteiger partial charge is 0.480 e. The van der Waals surface area contributed by atoms with Gasteiger partial charge in [0.1, 0.15) is 13.7 Å². The molecular formula is C33H46N4O4S. The van der Waals surface area contributed by atoms with E-state index in [2.05, 4.69) is 55.3 Å². The van der Waals surface area contributed by atoms with Crippen molar-refractivity contribution in [1.82, 2.24) is 4.98 Å². The normalized spacial score (nSPS) is 27.6. The highest BCUT2D eigenvalue weighted by molar-refractivity contribution is 7.15. The number of carboxylic acid groups (broad SMARTS) is 1. The van der Waals surface area contributed by atoms with Crippen molar-refractivity contribution in [2.24, 2.45) is 28.3 Å². The third-order valence-electron chi connectivity index (χ3n) is 10.1. The van der Waals surface area contributed by atoms with E-state index < -0.39 is 5.97 Å². The van der Waals surface area contributed by atoms with Crippen LogP contribution in [0.25, 0.3) is 0 Å². The average Bonchev–Trinajstić information content (AvgIpc) is 3.45. The molecule has 1 aromatic heterocycles. The van der Waals surface area contributed by atoms with E-state index in [0.29, 0.717) is 35.2 Å². The Morgan fingerprint density at radius 3 is 2.69 bits per heavy atom. The zero-order chi connectivity index (χ0) is 30.4. The molecule has 0 spiro atoms. The number of aryl methyl sites for hydroxylation is 2. The van der Waals surface area contributed by atoms with Gasteiger partial charge in [-0.1, -0.05) is 38.9 Å². The Morgan fingerprint density at radius 1 is 1.29 bits per heavy atom. The summed E-state index contributed by atoms with van der Waals surface area (Å²) in [6.07, 6.45) is 8.17. The molecule has 42 heavy (non-hydrogen) atoms. The molecule has 0 radical (unpaired) electrons. The average molecular weight is 595 g/mol. The third-order valence-corrected chi connectivity index (χ3v) is 10.9. The summed E-state index contributed by atoms with van der Waals surface area (Å²) in [6, 6.07) is 4.68. The number of fused-ring (bicyclic) bond motifs is 5. The van der Waals surface area contributed by atoms with Gasteiger partial charge in [-0.25, -0.2) is 4.98 Å². The minimum atomic E-state index is -0.821. The number of oxime groups is 1. The molecule has 2 saturated carbocycles. The Hall–Kier alpha value is -2.94. The monoisotopic (exact) mass is 594 g/mol. The van der Waals surface area contributed by atoms with Crippen molar-refractivity contribution in [2.45, 2.75) is 90.9 Å². The van der Waals surface area contributed by atoms with Crippen LogP contribution in [0.1, 0.15) is 93.7 Å². The number of nitrogens with one attached hydrogen (secondary N) is 1. The van der Waals surface area contributed by atoms with E-state index in [1.165, 1.54) is 28.0 Å². The molecule has 5 atom stereocenters. The molecule has 2 N–H and O–H groups in total. The molecule has 0 aliphatic heterocycles. The molecule has 1 aromatic carbocycles. The van der Waals surface area contributed by atoms with Gasteiger partial charge in [0.15, 0.2) is 5.13 Å². The number of benzene rings is 1. The van der Waals surface area contributed by atoms with Gasteiger partial charge in [-0.2, -0.15) is 0 Å². The van der Waals surface area contributed by atoms with Crippen molar-refractivity contribution in [3.05, 3.63) is 39.9 Å². The highest BCUT2D eigenvalue weighted by atomic mass is 32.1. The molecule has 9 heteroatoms. The Labute approximate surface area is 253 Å². The maximum atomic E-state index is 12.9. The molecule has 8 nitrogen and oxygen atoms in total. The number of carbonyl (C=O) groups is 2. The van der Waals surface area contributed by atoms with Gasteiger partial charge in [0.2, 0.25) is 5.91 Å². The smallest absolute Gasteiger partial charge is 0.323 e. The van der Waals surface area contributed by atoms with Crippen LogP contribution >= 0.6 is 11.3 Å². The SMILES string of the molecule is CO/N=C1\C[C@@H](CCC(=O)Nc2ncc(C)s2)C2C3CCc4cc(N(C)CC(=O)O)c(C(C)(C)C)cc4C3CC[C@]12C. The number of carbonyl (C=O) groups excluding carboxylic acids is 1. The number of hydrogen-bond acceptors (Lipinski definition) is 7. The van der Waals surface area contributed by atoms with E-state index in [4.69, 9.17) is 4.84 Å². The van der Waals surface area contributed by atoms with Gasteiger partial charge in [-0.05, 0) is 97.3 Å². The maximum absolute atomic E-state index is 12.9. The molecule has 1 amide bonds. The second-order valence-electron chi connectivity index (χ2n) is 13.9. The van der Waals surface area contributed by atoms with Gasteiger partial charge < -0.3 is 20.2 Å². The molecule has 3 aliphatic rings. The number of anilines is 2. The van der Waals surface area contributed by atoms with Gasteiger partial charge in [0, 0.05) is 35.6 Å². The summed E-state index contributed by atoms with van der Waals surface area (Å²) >= 11 is 1.50. The second-order valence-corrected chi connectivity index (χ2v) is 15.1. The van der Waals surface area contributed by atoms with Crippen LogP contribution in [0.3, 0.4) is 0 Å². The summed E-state index contributed by atoms with van der Waals surface area (Å²) in [5.41, 5.74) is 6.04. The zero-order valence-electron chi connectivity index (χ0n) is 26.1. The number of hydrogen-bond donors (Lipinski definition) is 2. The van der Waals surface area contributed by atoms with Gasteiger partial charge in [0.25, 0.3) is 0 Å². The number of rotatable bonds is 8. The quantitative estimate of drug-likeness (QED) is 0.327. The highest BCUT2D eigenvalue weighted by Crippen LogP contribution is 2.63. The Bertz CT molecular complexity index is 1380. The first-order valence-electron chi connectivity index (χ1n) is 15.2. The first-order valence-corrected chi connectivity index (χ1v) is 16.1. The van der Waals surface area contributed by atoms with Crippen molar-refractivity contribution in [3.8, 4) is 0 Å². The molecule has 0 saturated heterocycles. The van der Waals surface area contributed by atoms with Gasteiger partial charge in [0.05, 0.1) is 5.71 Å². The molecule has 3 unspecified atom stereocenters. The summed E-state index contributed by atoms with van der Waals surface area (Å²) in [6.45, 7) is 11.0. The molecule has 3 aliphatic carbocycles. The van der Waals surface area contributed by atoms with Crippen LogP contribution in [-0.2, 0) is 26.3 Å². The van der Waals surface area contributed by atoms with E-state index in [1.54, 1.807) is 13.3 Å². The van der Waals surface area contributed by atoms with Crippen molar-refractivity contribution >= 4 is 39.7 Å². The minimum absolute atomic E-state index is 0.0205. The zero-order valence-corrected chi connectivity index (χ0v) is 26.9. The van der Waals surface area contributed by atoms with Crippen LogP contribution in [0, 0.1) is 30.1 Å². The molecule has 5 rings (SSSR count). The van der Waals surface area contributed by atoms with E-state index in [-0.39, 0.29) is 23.3 Å². The van der Waals surface area contributed by atoms with Gasteiger partial charge in [-0.15, -0.1) is 11.3 Å². The molecular weight excluding hydrogens is 548 g/mol. The maximum Gasteiger partial charge on any atom is 0.323 e. The standard InChI is InChI=1S/C33H46N4O4S/c1-19-17-34-31(42-19)35-28(38)11-9-21-15-27(36-41-7)33(5)13-12-22-23(30(21)33)10-8-20-14-26(37(6)18-29(39)40)25(16-24(20)22)32(2,3)4/h14,16-17,21-23,30H,8-13,15,18H2,1-7H3,(H,39,40)(H,34,35,38)/b36-27+/t21-,22?,23?,30?,33-/m1/s1. The fourth-order valence-electron chi connectivity index (χ4n) is 8.32. The van der Waals surface area contributed by atoms with E-state index in [9.17, 15) is 14.7 Å². The number of amides is 1. The molecule has 2 fully saturated rings. The number of carboxylic acids is 1. The summed E-state index contributed by atoms with van der Waals surface area (Å²) in [7, 11) is 3.52. The summed E-state index contributed by atoms with van der Waals surface area (Å²) in [5, 5.41) is 17.7. The lowest BCUT2D eigenvalue weighted by Crippen LogP contribution is -2.44. The number of likely N-dealkylation sites (N-methyl/N-ethyl adjacent to an activating group) is 1.